The summed E-state index contributed by atoms with van der Waals surface area (Å²) in [6, 6.07) is 18.2. The van der Waals surface area contributed by atoms with Crippen LogP contribution in [-0.2, 0) is 4.79 Å². The number of nitrogens with one attached hydrogen (secondary N) is 1. The molecule has 0 aromatic heterocycles. The van der Waals surface area contributed by atoms with Crippen LogP contribution < -0.4 is 10.4 Å². The van der Waals surface area contributed by atoms with Crippen molar-refractivity contribution in [2.75, 3.05) is 12.1 Å². The van der Waals surface area contributed by atoms with Gasteiger partial charge in [0.2, 0.25) is 0 Å². The quantitative estimate of drug-likeness (QED) is 0.821. The van der Waals surface area contributed by atoms with Crippen molar-refractivity contribution in [3.05, 3.63) is 66.2 Å². The van der Waals surface area contributed by atoms with Crippen LogP contribution in [0.5, 0.6) is 0 Å². The largest absolute Gasteiger partial charge is 0.378 e. The fourth-order valence-electron chi connectivity index (χ4n) is 1.73. The van der Waals surface area contributed by atoms with E-state index in [-0.39, 0.29) is 0 Å². The molecule has 0 aliphatic rings. The van der Waals surface area contributed by atoms with Gasteiger partial charge in [-0.3, -0.25) is 15.2 Å². The summed E-state index contributed by atoms with van der Waals surface area (Å²) in [5, 5.41) is 11.5. The lowest BCUT2D eigenvalue weighted by molar-refractivity contribution is -0.129. The molecule has 1 unspecified atom stereocenters. The van der Waals surface area contributed by atoms with Crippen LogP contribution in [0.3, 0.4) is 0 Å². The molecule has 0 saturated carbocycles. The monoisotopic (exact) mass is 256 g/mol. The van der Waals surface area contributed by atoms with E-state index in [9.17, 15) is 9.90 Å². The van der Waals surface area contributed by atoms with E-state index in [1.807, 2.05) is 36.4 Å². The number of anilines is 1. The van der Waals surface area contributed by atoms with Gasteiger partial charge < -0.3 is 5.11 Å². The van der Waals surface area contributed by atoms with Crippen molar-refractivity contribution in [3.63, 3.8) is 0 Å². The van der Waals surface area contributed by atoms with E-state index in [1.165, 1.54) is 0 Å². The molecule has 0 bridgehead atoms. The highest BCUT2D eigenvalue weighted by atomic mass is 16.3. The maximum absolute atomic E-state index is 11.9. The first-order chi connectivity index (χ1) is 9.18. The number of para-hydroxylation sites is 1. The minimum absolute atomic E-state index is 0.461. The zero-order valence-electron chi connectivity index (χ0n) is 10.7. The first-order valence-electron chi connectivity index (χ1n) is 6.01. The van der Waals surface area contributed by atoms with Gasteiger partial charge in [0.05, 0.1) is 5.69 Å². The Balaban J connectivity index is 2.02. The number of carbonyl (C=O) groups excluding carboxylic acids is 1. The molecule has 2 rings (SSSR count). The second-order valence-corrected chi connectivity index (χ2v) is 4.18. The number of hydrogen-bond acceptors (Lipinski definition) is 3. The van der Waals surface area contributed by atoms with Crippen LogP contribution in [0.2, 0.25) is 0 Å². The number of aliphatic hydroxyl groups excluding tert-OH is 1. The molecule has 2 aromatic rings. The number of nitrogens with zero attached hydrogens (tertiary/aromatic N) is 1. The highest BCUT2D eigenvalue weighted by molar-refractivity contribution is 5.83. The molecule has 0 aliphatic carbocycles. The highest BCUT2D eigenvalue weighted by Gasteiger charge is 2.18. The van der Waals surface area contributed by atoms with Crippen LogP contribution in [0, 0.1) is 0 Å². The van der Waals surface area contributed by atoms with Crippen LogP contribution in [0.15, 0.2) is 60.7 Å². The van der Waals surface area contributed by atoms with Gasteiger partial charge in [-0.15, -0.1) is 0 Å². The van der Waals surface area contributed by atoms with E-state index in [0.717, 1.165) is 5.69 Å². The molecule has 4 nitrogen and oxygen atoms in total. The Morgan fingerprint density at radius 1 is 1.05 bits per heavy atom. The summed E-state index contributed by atoms with van der Waals surface area (Å²) in [6.45, 7) is 0. The van der Waals surface area contributed by atoms with Gasteiger partial charge in [-0.25, -0.2) is 0 Å². The Labute approximate surface area is 112 Å². The van der Waals surface area contributed by atoms with Crippen molar-refractivity contribution in [1.82, 2.24) is 5.43 Å². The minimum atomic E-state index is -1.17. The first-order valence-corrected chi connectivity index (χ1v) is 6.01. The summed E-state index contributed by atoms with van der Waals surface area (Å²) >= 11 is 0. The van der Waals surface area contributed by atoms with E-state index in [2.05, 4.69) is 5.43 Å². The van der Waals surface area contributed by atoms with E-state index in [1.54, 1.807) is 36.3 Å². The summed E-state index contributed by atoms with van der Waals surface area (Å²) in [7, 11) is 1.73. The molecule has 2 aromatic carbocycles. The molecule has 1 amide bonds. The van der Waals surface area contributed by atoms with Gasteiger partial charge in [0.15, 0.2) is 6.10 Å². The van der Waals surface area contributed by atoms with E-state index < -0.39 is 12.0 Å². The average Bonchev–Trinajstić information content (AvgIpc) is 2.48. The molecule has 2 N–H and O–H groups in total. The molecule has 1 atom stereocenters. The second-order valence-electron chi connectivity index (χ2n) is 4.18. The normalized spacial score (nSPS) is 11.7. The topological polar surface area (TPSA) is 52.6 Å². The van der Waals surface area contributed by atoms with Gasteiger partial charge in [-0.1, -0.05) is 48.5 Å². The lowest BCUT2D eigenvalue weighted by Crippen LogP contribution is -2.42. The number of benzene rings is 2. The van der Waals surface area contributed by atoms with Crippen molar-refractivity contribution in [1.29, 1.82) is 0 Å². The van der Waals surface area contributed by atoms with Gasteiger partial charge >= 0.3 is 0 Å². The Morgan fingerprint density at radius 2 is 1.58 bits per heavy atom. The molecular formula is C15H16N2O2. The third-order valence-electron chi connectivity index (χ3n) is 2.79. The van der Waals surface area contributed by atoms with Crippen molar-refractivity contribution < 1.29 is 9.90 Å². The molecule has 0 spiro atoms. The fraction of sp³-hybridized carbons (Fsp3) is 0.133. The van der Waals surface area contributed by atoms with Gasteiger partial charge in [0.1, 0.15) is 0 Å². The number of amides is 1. The van der Waals surface area contributed by atoms with Crippen molar-refractivity contribution in [3.8, 4) is 0 Å². The summed E-state index contributed by atoms with van der Waals surface area (Å²) < 4.78 is 0. The van der Waals surface area contributed by atoms with Gasteiger partial charge in [-0.05, 0) is 17.7 Å². The molecule has 0 aliphatic heterocycles. The predicted molar refractivity (Wildman–Crippen MR) is 74.4 cm³/mol. The number of carbonyl (C=O) groups is 1. The molecule has 19 heavy (non-hydrogen) atoms. The molecule has 4 heteroatoms. The third kappa shape index (κ3) is 3.33. The Morgan fingerprint density at radius 3 is 2.16 bits per heavy atom. The maximum Gasteiger partial charge on any atom is 0.271 e. The van der Waals surface area contributed by atoms with Crippen LogP contribution >= 0.6 is 0 Å². The molecular weight excluding hydrogens is 240 g/mol. The molecule has 0 radical (unpaired) electrons. The minimum Gasteiger partial charge on any atom is -0.378 e. The van der Waals surface area contributed by atoms with Gasteiger partial charge in [0.25, 0.3) is 5.91 Å². The second kappa shape index (κ2) is 6.02. The fourth-order valence-corrected chi connectivity index (χ4v) is 1.73. The van der Waals surface area contributed by atoms with Crippen molar-refractivity contribution in [2.24, 2.45) is 0 Å². The average molecular weight is 256 g/mol. The van der Waals surface area contributed by atoms with Crippen molar-refractivity contribution in [2.45, 2.75) is 6.10 Å². The van der Waals surface area contributed by atoms with Crippen LogP contribution in [-0.4, -0.2) is 18.1 Å². The van der Waals surface area contributed by atoms with E-state index in [0.29, 0.717) is 5.56 Å². The number of hydrazine groups is 1. The van der Waals surface area contributed by atoms with Crippen LogP contribution in [0.1, 0.15) is 11.7 Å². The molecule has 0 saturated heterocycles. The smallest absolute Gasteiger partial charge is 0.271 e. The first kappa shape index (κ1) is 13.1. The highest BCUT2D eigenvalue weighted by Crippen LogP contribution is 2.13. The number of hydrogen-bond donors (Lipinski definition) is 2. The standard InChI is InChI=1S/C15H16N2O2/c1-17(13-10-6-3-7-11-13)16-15(19)14(18)12-8-4-2-5-9-12/h2-11,14,18H,1H3,(H,16,19). The Bertz CT molecular complexity index is 528. The Hall–Kier alpha value is -2.33. The molecule has 0 fully saturated rings. The number of rotatable bonds is 4. The number of aliphatic hydroxyl groups is 1. The van der Waals surface area contributed by atoms with Crippen molar-refractivity contribution >= 4 is 11.6 Å². The summed E-state index contributed by atoms with van der Waals surface area (Å²) in [5.41, 5.74) is 4.05. The summed E-state index contributed by atoms with van der Waals surface area (Å²) in [4.78, 5) is 11.9. The summed E-state index contributed by atoms with van der Waals surface area (Å²) in [5.74, 6) is -0.461. The molecule has 98 valence electrons. The van der Waals surface area contributed by atoms with Gasteiger partial charge in [0, 0.05) is 7.05 Å². The van der Waals surface area contributed by atoms with E-state index >= 15 is 0 Å². The third-order valence-corrected chi connectivity index (χ3v) is 2.79. The van der Waals surface area contributed by atoms with Crippen LogP contribution in [0.4, 0.5) is 5.69 Å². The zero-order valence-corrected chi connectivity index (χ0v) is 10.7. The SMILES string of the molecule is CN(NC(=O)C(O)c1ccccc1)c1ccccc1. The van der Waals surface area contributed by atoms with E-state index in [4.69, 9.17) is 0 Å². The lowest BCUT2D eigenvalue weighted by atomic mass is 10.1. The predicted octanol–water partition coefficient (Wildman–Crippen LogP) is 1.89. The maximum atomic E-state index is 11.9. The van der Waals surface area contributed by atoms with Crippen LogP contribution in [0.25, 0.3) is 0 Å². The Kier molecular flexibility index (Phi) is 4.15. The zero-order chi connectivity index (χ0) is 13.7. The van der Waals surface area contributed by atoms with Gasteiger partial charge in [-0.2, -0.15) is 0 Å². The summed E-state index contributed by atoms with van der Waals surface area (Å²) in [6.07, 6.45) is -1.17. The molecule has 0 heterocycles. The lowest BCUT2D eigenvalue weighted by Gasteiger charge is -2.22.